The molecular formula is C18H18ClF3N2O2. The summed E-state index contributed by atoms with van der Waals surface area (Å²) >= 11 is 5.88. The monoisotopic (exact) mass is 386 g/mol. The predicted molar refractivity (Wildman–Crippen MR) is 93.5 cm³/mol. The SMILES string of the molecule is CNC(COc1ccc(C(F)(F)F)cc1Cl)Cc1cccc(C(N)=O)c1. The summed E-state index contributed by atoms with van der Waals surface area (Å²) in [5, 5.41) is 2.95. The highest BCUT2D eigenvalue weighted by atomic mass is 35.5. The van der Waals surface area contributed by atoms with Gasteiger partial charge in [0.05, 0.1) is 10.6 Å². The van der Waals surface area contributed by atoms with Gasteiger partial charge in [-0.15, -0.1) is 0 Å². The first-order valence-electron chi connectivity index (χ1n) is 7.76. The molecule has 3 N–H and O–H groups in total. The Morgan fingerprint density at radius 3 is 2.58 bits per heavy atom. The molecule has 0 aliphatic carbocycles. The maximum absolute atomic E-state index is 12.7. The van der Waals surface area contributed by atoms with Crippen molar-refractivity contribution in [3.05, 3.63) is 64.2 Å². The van der Waals surface area contributed by atoms with Gasteiger partial charge in [0.15, 0.2) is 0 Å². The second-order valence-corrected chi connectivity index (χ2v) is 6.12. The number of nitrogens with one attached hydrogen (secondary N) is 1. The van der Waals surface area contributed by atoms with E-state index in [1.54, 1.807) is 25.2 Å². The molecule has 0 bridgehead atoms. The first-order valence-corrected chi connectivity index (χ1v) is 8.14. The predicted octanol–water partition coefficient (Wildman–Crippen LogP) is 3.67. The van der Waals surface area contributed by atoms with Crippen molar-refractivity contribution in [3.63, 3.8) is 0 Å². The normalized spacial score (nSPS) is 12.7. The van der Waals surface area contributed by atoms with Crippen LogP contribution in [0, 0.1) is 0 Å². The van der Waals surface area contributed by atoms with Crippen LogP contribution in [0.2, 0.25) is 5.02 Å². The average Bonchev–Trinajstić information content (AvgIpc) is 2.58. The lowest BCUT2D eigenvalue weighted by Crippen LogP contribution is -2.34. The van der Waals surface area contributed by atoms with Gasteiger partial charge in [-0.05, 0) is 49.4 Å². The quantitative estimate of drug-likeness (QED) is 0.763. The molecule has 0 fully saturated rings. The molecule has 1 unspecified atom stereocenters. The van der Waals surface area contributed by atoms with Gasteiger partial charge in [-0.1, -0.05) is 23.7 Å². The molecule has 0 aromatic heterocycles. The fraction of sp³-hybridized carbons (Fsp3) is 0.278. The average molecular weight is 387 g/mol. The van der Waals surface area contributed by atoms with Gasteiger partial charge in [0.1, 0.15) is 12.4 Å². The molecule has 1 amide bonds. The van der Waals surface area contributed by atoms with E-state index in [9.17, 15) is 18.0 Å². The Kier molecular flexibility index (Phi) is 6.50. The number of carbonyl (C=O) groups excluding carboxylic acids is 1. The highest BCUT2D eigenvalue weighted by molar-refractivity contribution is 6.32. The number of primary amides is 1. The van der Waals surface area contributed by atoms with Crippen molar-refractivity contribution in [1.82, 2.24) is 5.32 Å². The highest BCUT2D eigenvalue weighted by Crippen LogP contribution is 2.34. The molecule has 0 aliphatic heterocycles. The number of hydrogen-bond acceptors (Lipinski definition) is 3. The molecular weight excluding hydrogens is 369 g/mol. The molecule has 2 aromatic rings. The van der Waals surface area contributed by atoms with Crippen LogP contribution in [0.25, 0.3) is 0 Å². The maximum Gasteiger partial charge on any atom is 0.416 e. The van der Waals surface area contributed by atoms with Crippen molar-refractivity contribution < 1.29 is 22.7 Å². The first-order chi connectivity index (χ1) is 12.2. The van der Waals surface area contributed by atoms with E-state index in [0.717, 1.165) is 17.7 Å². The van der Waals surface area contributed by atoms with E-state index in [0.29, 0.717) is 12.0 Å². The summed E-state index contributed by atoms with van der Waals surface area (Å²) in [4.78, 5) is 11.2. The molecule has 8 heteroatoms. The second kappa shape index (κ2) is 8.42. The molecule has 0 heterocycles. The summed E-state index contributed by atoms with van der Waals surface area (Å²) in [5.41, 5.74) is 5.72. The van der Waals surface area contributed by atoms with Crippen LogP contribution in [0.1, 0.15) is 21.5 Å². The molecule has 0 radical (unpaired) electrons. The van der Waals surface area contributed by atoms with Crippen LogP contribution in [-0.4, -0.2) is 25.6 Å². The first kappa shape index (κ1) is 20.1. The fourth-order valence-corrected chi connectivity index (χ4v) is 2.60. The van der Waals surface area contributed by atoms with E-state index in [4.69, 9.17) is 22.1 Å². The number of alkyl halides is 3. The number of halogens is 4. The van der Waals surface area contributed by atoms with Crippen molar-refractivity contribution in [2.75, 3.05) is 13.7 Å². The number of ether oxygens (including phenoxy) is 1. The number of benzene rings is 2. The minimum atomic E-state index is -4.46. The summed E-state index contributed by atoms with van der Waals surface area (Å²) in [6.45, 7) is 0.183. The van der Waals surface area contributed by atoms with Gasteiger partial charge < -0.3 is 15.8 Å². The Labute approximate surface area is 154 Å². The third-order valence-corrected chi connectivity index (χ3v) is 4.10. The van der Waals surface area contributed by atoms with E-state index >= 15 is 0 Å². The Morgan fingerprint density at radius 1 is 1.27 bits per heavy atom. The van der Waals surface area contributed by atoms with E-state index in [2.05, 4.69) is 5.32 Å². The van der Waals surface area contributed by atoms with Gasteiger partial charge in [-0.3, -0.25) is 4.79 Å². The molecule has 2 aromatic carbocycles. The summed E-state index contributed by atoms with van der Waals surface area (Å²) in [5.74, 6) is -0.341. The topological polar surface area (TPSA) is 64.3 Å². The minimum Gasteiger partial charge on any atom is -0.490 e. The van der Waals surface area contributed by atoms with Gasteiger partial charge >= 0.3 is 6.18 Å². The molecule has 26 heavy (non-hydrogen) atoms. The molecule has 4 nitrogen and oxygen atoms in total. The Hall–Kier alpha value is -2.25. The van der Waals surface area contributed by atoms with E-state index in [-0.39, 0.29) is 23.4 Å². The van der Waals surface area contributed by atoms with Gasteiger partial charge in [0.25, 0.3) is 0 Å². The van der Waals surface area contributed by atoms with Gasteiger partial charge in [0, 0.05) is 11.6 Å². The molecule has 140 valence electrons. The zero-order valence-corrected chi connectivity index (χ0v) is 14.7. The van der Waals surface area contributed by atoms with E-state index in [1.165, 1.54) is 6.07 Å². The summed E-state index contributed by atoms with van der Waals surface area (Å²) in [7, 11) is 1.74. The lowest BCUT2D eigenvalue weighted by Gasteiger charge is -2.18. The van der Waals surface area contributed by atoms with Crippen molar-refractivity contribution >= 4 is 17.5 Å². The molecule has 0 aliphatic rings. The van der Waals surface area contributed by atoms with Crippen molar-refractivity contribution in [2.45, 2.75) is 18.6 Å². The van der Waals surface area contributed by atoms with Crippen molar-refractivity contribution in [3.8, 4) is 5.75 Å². The third kappa shape index (κ3) is 5.37. The lowest BCUT2D eigenvalue weighted by atomic mass is 10.0. The standard InChI is InChI=1S/C18H18ClF3N2O2/c1-24-14(8-11-3-2-4-12(7-11)17(23)25)10-26-16-6-5-13(9-15(16)19)18(20,21)22/h2-7,9,14,24H,8,10H2,1H3,(H2,23,25). The number of hydrogen-bond donors (Lipinski definition) is 2. The lowest BCUT2D eigenvalue weighted by molar-refractivity contribution is -0.137. The number of amides is 1. The summed E-state index contributed by atoms with van der Waals surface area (Å²) in [6, 6.07) is 9.71. The minimum absolute atomic E-state index is 0.106. The Bertz CT molecular complexity index is 781. The number of carbonyl (C=O) groups is 1. The largest absolute Gasteiger partial charge is 0.490 e. The Balaban J connectivity index is 2.03. The maximum atomic E-state index is 12.7. The van der Waals surface area contributed by atoms with Crippen LogP contribution >= 0.6 is 11.6 Å². The number of rotatable bonds is 7. The zero-order chi connectivity index (χ0) is 19.3. The summed E-state index contributed by atoms with van der Waals surface area (Å²) in [6.07, 6.45) is -3.92. The van der Waals surface area contributed by atoms with Crippen LogP contribution in [0.3, 0.4) is 0 Å². The second-order valence-electron chi connectivity index (χ2n) is 5.71. The smallest absolute Gasteiger partial charge is 0.416 e. The number of likely N-dealkylation sites (N-methyl/N-ethyl adjacent to an activating group) is 1. The summed E-state index contributed by atoms with van der Waals surface area (Å²) < 4.78 is 43.5. The van der Waals surface area contributed by atoms with Crippen LogP contribution in [0.15, 0.2) is 42.5 Å². The van der Waals surface area contributed by atoms with Gasteiger partial charge in [-0.2, -0.15) is 13.2 Å². The van der Waals surface area contributed by atoms with Gasteiger partial charge in [0.2, 0.25) is 5.91 Å². The highest BCUT2D eigenvalue weighted by Gasteiger charge is 2.31. The third-order valence-electron chi connectivity index (χ3n) is 3.80. The molecule has 0 saturated heterocycles. The van der Waals surface area contributed by atoms with Crippen molar-refractivity contribution in [2.24, 2.45) is 5.73 Å². The van der Waals surface area contributed by atoms with E-state index in [1.807, 2.05) is 6.07 Å². The van der Waals surface area contributed by atoms with Gasteiger partial charge in [-0.25, -0.2) is 0 Å². The Morgan fingerprint density at radius 2 is 2.00 bits per heavy atom. The van der Waals surface area contributed by atoms with Crippen LogP contribution < -0.4 is 15.8 Å². The van der Waals surface area contributed by atoms with Crippen LogP contribution in [0.5, 0.6) is 5.75 Å². The number of nitrogens with two attached hydrogens (primary N) is 1. The fourth-order valence-electron chi connectivity index (χ4n) is 2.37. The van der Waals surface area contributed by atoms with Crippen molar-refractivity contribution in [1.29, 1.82) is 0 Å². The molecule has 2 rings (SSSR count). The van der Waals surface area contributed by atoms with E-state index < -0.39 is 17.6 Å². The zero-order valence-electron chi connectivity index (χ0n) is 13.9. The molecule has 1 atom stereocenters. The van der Waals surface area contributed by atoms with Crippen LogP contribution in [0.4, 0.5) is 13.2 Å². The molecule has 0 spiro atoms. The molecule has 0 saturated carbocycles. The van der Waals surface area contributed by atoms with Crippen LogP contribution in [-0.2, 0) is 12.6 Å².